The van der Waals surface area contributed by atoms with E-state index in [4.69, 9.17) is 4.74 Å². The number of nitrogens with zero attached hydrogens (tertiary/aromatic N) is 1. The Hall–Kier alpha value is -2.51. The molecule has 1 aliphatic heterocycles. The molecule has 1 aliphatic rings. The van der Waals surface area contributed by atoms with E-state index in [0.29, 0.717) is 24.2 Å². The summed E-state index contributed by atoms with van der Waals surface area (Å²) in [6.07, 6.45) is 2.77. The monoisotopic (exact) mass is 401 g/mol. The number of esters is 1. The zero-order chi connectivity index (χ0) is 20.1. The molecule has 0 aliphatic carbocycles. The van der Waals surface area contributed by atoms with E-state index in [1.807, 2.05) is 13.0 Å². The molecule has 28 heavy (non-hydrogen) atoms. The first-order chi connectivity index (χ1) is 13.4. The minimum atomic E-state index is -3.53. The highest BCUT2D eigenvalue weighted by molar-refractivity contribution is 7.89. The molecule has 0 aromatic heterocycles. The number of benzene rings is 2. The Kier molecular flexibility index (Phi) is 6.26. The number of hydrogen-bond acceptors (Lipinski definition) is 5. The standard InChI is InChI=1S/C21H23NO5S/c1-16-6-5-7-18(14-16)21(24)27-15-20(23)17-8-10-19(11-9-17)28(25,26)22-12-3-2-4-13-22/h5-11,14H,2-4,12-13,15H2,1H3. The average Bonchev–Trinajstić information content (AvgIpc) is 2.72. The van der Waals surface area contributed by atoms with Crippen LogP contribution in [0, 0.1) is 6.92 Å². The summed E-state index contributed by atoms with van der Waals surface area (Å²) in [5.41, 5.74) is 1.61. The van der Waals surface area contributed by atoms with Crippen LogP contribution in [0.15, 0.2) is 53.4 Å². The predicted octanol–water partition coefficient (Wildman–Crippen LogP) is 3.21. The molecule has 1 fully saturated rings. The van der Waals surface area contributed by atoms with Crippen molar-refractivity contribution in [2.45, 2.75) is 31.1 Å². The lowest BCUT2D eigenvalue weighted by Gasteiger charge is -2.25. The van der Waals surface area contributed by atoms with E-state index in [9.17, 15) is 18.0 Å². The van der Waals surface area contributed by atoms with E-state index < -0.39 is 22.6 Å². The van der Waals surface area contributed by atoms with Gasteiger partial charge in [0.1, 0.15) is 0 Å². The topological polar surface area (TPSA) is 80.8 Å². The maximum atomic E-state index is 12.6. The predicted molar refractivity (Wildman–Crippen MR) is 105 cm³/mol. The van der Waals surface area contributed by atoms with Gasteiger partial charge >= 0.3 is 5.97 Å². The fourth-order valence-corrected chi connectivity index (χ4v) is 4.65. The Morgan fingerprint density at radius 1 is 0.964 bits per heavy atom. The van der Waals surface area contributed by atoms with Gasteiger partial charge in [0.25, 0.3) is 0 Å². The van der Waals surface area contributed by atoms with E-state index in [1.165, 1.54) is 28.6 Å². The van der Waals surface area contributed by atoms with Crippen LogP contribution in [0.1, 0.15) is 45.5 Å². The molecular formula is C21H23NO5S. The number of ether oxygens (including phenoxy) is 1. The molecule has 2 aromatic rings. The number of ketones is 1. The Labute approximate surface area is 165 Å². The van der Waals surface area contributed by atoms with Gasteiger partial charge in [0.05, 0.1) is 10.5 Å². The molecule has 3 rings (SSSR count). The first kappa shape index (κ1) is 20.2. The lowest BCUT2D eigenvalue weighted by atomic mass is 10.1. The largest absolute Gasteiger partial charge is 0.454 e. The van der Waals surface area contributed by atoms with E-state index in [2.05, 4.69) is 0 Å². The number of rotatable bonds is 6. The highest BCUT2D eigenvalue weighted by Gasteiger charge is 2.26. The van der Waals surface area contributed by atoms with Crippen LogP contribution in [0.25, 0.3) is 0 Å². The fraction of sp³-hybridized carbons (Fsp3) is 0.333. The number of carbonyl (C=O) groups excluding carboxylic acids is 2. The number of carbonyl (C=O) groups is 2. The highest BCUT2D eigenvalue weighted by atomic mass is 32.2. The molecule has 0 spiro atoms. The van der Waals surface area contributed by atoms with Gasteiger partial charge in [-0.3, -0.25) is 4.79 Å². The second-order valence-electron chi connectivity index (χ2n) is 6.86. The van der Waals surface area contributed by atoms with E-state index in [-0.39, 0.29) is 10.7 Å². The summed E-state index contributed by atoms with van der Waals surface area (Å²) in [4.78, 5) is 24.5. The summed E-state index contributed by atoms with van der Waals surface area (Å²) in [5, 5.41) is 0. The molecule has 6 nitrogen and oxygen atoms in total. The van der Waals surface area contributed by atoms with E-state index in [0.717, 1.165) is 24.8 Å². The molecule has 0 amide bonds. The molecule has 0 atom stereocenters. The van der Waals surface area contributed by atoms with Crippen LogP contribution in [0.4, 0.5) is 0 Å². The first-order valence-corrected chi connectivity index (χ1v) is 10.7. The van der Waals surface area contributed by atoms with Gasteiger partial charge in [-0.2, -0.15) is 4.31 Å². The van der Waals surface area contributed by atoms with Crippen molar-refractivity contribution in [2.75, 3.05) is 19.7 Å². The van der Waals surface area contributed by atoms with Crippen molar-refractivity contribution in [1.29, 1.82) is 0 Å². The second-order valence-corrected chi connectivity index (χ2v) is 8.80. The quantitative estimate of drug-likeness (QED) is 0.548. The van der Waals surface area contributed by atoms with Crippen molar-refractivity contribution in [1.82, 2.24) is 4.31 Å². The normalized spacial score (nSPS) is 15.2. The van der Waals surface area contributed by atoms with Gasteiger partial charge in [-0.05, 0) is 56.2 Å². The molecule has 0 saturated carbocycles. The van der Waals surface area contributed by atoms with Crippen molar-refractivity contribution in [3.63, 3.8) is 0 Å². The van der Waals surface area contributed by atoms with E-state index in [1.54, 1.807) is 18.2 Å². The summed E-state index contributed by atoms with van der Waals surface area (Å²) in [5.74, 6) is -0.954. The molecule has 1 saturated heterocycles. The zero-order valence-corrected chi connectivity index (χ0v) is 16.6. The van der Waals surface area contributed by atoms with Crippen LogP contribution >= 0.6 is 0 Å². The van der Waals surface area contributed by atoms with Crippen molar-refractivity contribution < 1.29 is 22.7 Å². The first-order valence-electron chi connectivity index (χ1n) is 9.25. The Balaban J connectivity index is 1.63. The lowest BCUT2D eigenvalue weighted by Crippen LogP contribution is -2.35. The van der Waals surface area contributed by atoms with Crippen LogP contribution < -0.4 is 0 Å². The molecule has 0 bridgehead atoms. The Morgan fingerprint density at radius 2 is 1.64 bits per heavy atom. The van der Waals surface area contributed by atoms with Crippen LogP contribution in [-0.2, 0) is 14.8 Å². The molecule has 0 N–H and O–H groups in total. The SMILES string of the molecule is Cc1cccc(C(=O)OCC(=O)c2ccc(S(=O)(=O)N3CCCCC3)cc2)c1. The summed E-state index contributed by atoms with van der Waals surface area (Å²) in [7, 11) is -3.53. The molecule has 7 heteroatoms. The third-order valence-corrected chi connectivity index (χ3v) is 6.63. The van der Waals surface area contributed by atoms with Crippen molar-refractivity contribution in [3.8, 4) is 0 Å². The molecular weight excluding hydrogens is 378 g/mol. The summed E-state index contributed by atoms with van der Waals surface area (Å²) in [6.45, 7) is 2.52. The summed E-state index contributed by atoms with van der Waals surface area (Å²) < 4.78 is 31.8. The number of Topliss-reactive ketones (excluding diaryl/α,β-unsaturated/α-hetero) is 1. The fourth-order valence-electron chi connectivity index (χ4n) is 3.14. The van der Waals surface area contributed by atoms with Crippen molar-refractivity contribution >= 4 is 21.8 Å². The number of piperidine rings is 1. The van der Waals surface area contributed by atoms with Crippen LogP contribution in [0.3, 0.4) is 0 Å². The van der Waals surface area contributed by atoms with Crippen LogP contribution in [-0.4, -0.2) is 44.2 Å². The summed E-state index contributed by atoms with van der Waals surface area (Å²) in [6, 6.07) is 12.7. The Morgan fingerprint density at radius 3 is 2.29 bits per heavy atom. The number of sulfonamides is 1. The van der Waals surface area contributed by atoms with Gasteiger partial charge in [0.15, 0.2) is 12.4 Å². The second kappa shape index (κ2) is 8.67. The van der Waals surface area contributed by atoms with Gasteiger partial charge in [-0.25, -0.2) is 13.2 Å². The molecule has 148 valence electrons. The molecule has 0 radical (unpaired) electrons. The van der Waals surface area contributed by atoms with Crippen molar-refractivity contribution in [3.05, 3.63) is 65.2 Å². The zero-order valence-electron chi connectivity index (χ0n) is 15.8. The van der Waals surface area contributed by atoms with Crippen molar-refractivity contribution in [2.24, 2.45) is 0 Å². The van der Waals surface area contributed by atoms with Gasteiger partial charge < -0.3 is 4.74 Å². The smallest absolute Gasteiger partial charge is 0.338 e. The average molecular weight is 401 g/mol. The molecule has 2 aromatic carbocycles. The lowest BCUT2D eigenvalue weighted by molar-refractivity contribution is 0.0474. The third-order valence-electron chi connectivity index (χ3n) is 4.72. The maximum Gasteiger partial charge on any atom is 0.338 e. The van der Waals surface area contributed by atoms with Gasteiger partial charge in [0, 0.05) is 18.7 Å². The van der Waals surface area contributed by atoms with Gasteiger partial charge in [0.2, 0.25) is 10.0 Å². The highest BCUT2D eigenvalue weighted by Crippen LogP contribution is 2.21. The van der Waals surface area contributed by atoms with Gasteiger partial charge in [-0.1, -0.05) is 24.1 Å². The van der Waals surface area contributed by atoms with E-state index >= 15 is 0 Å². The number of hydrogen-bond donors (Lipinski definition) is 0. The third kappa shape index (κ3) is 4.66. The summed E-state index contributed by atoms with van der Waals surface area (Å²) >= 11 is 0. The Bertz CT molecular complexity index is 961. The minimum absolute atomic E-state index is 0.169. The maximum absolute atomic E-state index is 12.6. The molecule has 0 unspecified atom stereocenters. The minimum Gasteiger partial charge on any atom is -0.454 e. The number of aryl methyl sites for hydroxylation is 1. The molecule has 1 heterocycles. The van der Waals surface area contributed by atoms with Crippen LogP contribution in [0.2, 0.25) is 0 Å². The van der Waals surface area contributed by atoms with Gasteiger partial charge in [-0.15, -0.1) is 0 Å². The van der Waals surface area contributed by atoms with Crippen LogP contribution in [0.5, 0.6) is 0 Å².